The Morgan fingerprint density at radius 1 is 1.30 bits per heavy atom. The lowest BCUT2D eigenvalue weighted by atomic mass is 10.0. The van der Waals surface area contributed by atoms with Crippen LogP contribution in [0.3, 0.4) is 0 Å². The first-order valence-electron chi connectivity index (χ1n) is 10.3. The van der Waals surface area contributed by atoms with E-state index in [1.54, 1.807) is 23.5 Å². The zero-order valence-electron chi connectivity index (χ0n) is 17.8. The van der Waals surface area contributed by atoms with Crippen LogP contribution in [0.1, 0.15) is 43.0 Å². The number of hydrogen-bond acceptors (Lipinski definition) is 5. The number of para-hydroxylation sites is 1. The van der Waals surface area contributed by atoms with Gasteiger partial charge >= 0.3 is 0 Å². The monoisotopic (exact) mass is 427 g/mol. The van der Waals surface area contributed by atoms with Crippen molar-refractivity contribution in [2.75, 3.05) is 13.1 Å². The standard InChI is InChI=1S/C23H29N3O3S/c1-16(2)23(28)26-12-10-19(11-13-26)25-22(27)9-8-18-6-4-5-7-21(18)29-14-20-15-30-17(3)24-20/h4-9,15-16,19H,10-14H2,1-3H3,(H,25,27)/b9-8+. The third kappa shape index (κ3) is 6.16. The van der Waals surface area contributed by atoms with Crippen molar-refractivity contribution < 1.29 is 14.3 Å². The molecule has 2 heterocycles. The maximum atomic E-state index is 12.4. The first-order chi connectivity index (χ1) is 14.4. The van der Waals surface area contributed by atoms with Crippen LogP contribution in [0.5, 0.6) is 5.75 Å². The van der Waals surface area contributed by atoms with Gasteiger partial charge in [-0.2, -0.15) is 0 Å². The Hall–Kier alpha value is -2.67. The highest BCUT2D eigenvalue weighted by atomic mass is 32.1. The summed E-state index contributed by atoms with van der Waals surface area (Å²) in [6.07, 6.45) is 4.88. The van der Waals surface area contributed by atoms with E-state index in [0.29, 0.717) is 25.4 Å². The van der Waals surface area contributed by atoms with Gasteiger partial charge in [0.15, 0.2) is 0 Å². The number of aromatic nitrogens is 1. The summed E-state index contributed by atoms with van der Waals surface area (Å²) < 4.78 is 5.90. The number of amides is 2. The number of hydrogen-bond donors (Lipinski definition) is 1. The number of ether oxygens (including phenoxy) is 1. The molecule has 1 aliphatic heterocycles. The van der Waals surface area contributed by atoms with E-state index in [1.165, 1.54) is 0 Å². The van der Waals surface area contributed by atoms with Crippen molar-refractivity contribution in [2.45, 2.75) is 46.3 Å². The molecule has 160 valence electrons. The van der Waals surface area contributed by atoms with Crippen LogP contribution < -0.4 is 10.1 Å². The van der Waals surface area contributed by atoms with Crippen LogP contribution in [0.25, 0.3) is 6.08 Å². The Labute approximate surface area is 182 Å². The first kappa shape index (κ1) is 22.0. The Morgan fingerprint density at radius 3 is 2.70 bits per heavy atom. The topological polar surface area (TPSA) is 71.5 Å². The minimum atomic E-state index is -0.131. The maximum Gasteiger partial charge on any atom is 0.244 e. The molecular weight excluding hydrogens is 398 g/mol. The molecule has 1 saturated heterocycles. The number of aryl methyl sites for hydroxylation is 1. The fraction of sp³-hybridized carbons (Fsp3) is 0.435. The molecule has 0 bridgehead atoms. The van der Waals surface area contributed by atoms with Gasteiger partial charge in [-0.1, -0.05) is 32.0 Å². The normalized spacial score (nSPS) is 15.0. The molecule has 1 aromatic heterocycles. The zero-order chi connectivity index (χ0) is 21.5. The molecule has 2 aromatic rings. The second-order valence-corrected chi connectivity index (χ2v) is 8.84. The molecule has 1 aliphatic rings. The lowest BCUT2D eigenvalue weighted by molar-refractivity contribution is -0.135. The van der Waals surface area contributed by atoms with E-state index in [0.717, 1.165) is 29.1 Å². The van der Waals surface area contributed by atoms with Gasteiger partial charge < -0.3 is 15.0 Å². The summed E-state index contributed by atoms with van der Waals surface area (Å²) in [6.45, 7) is 7.59. The van der Waals surface area contributed by atoms with Gasteiger partial charge in [-0.05, 0) is 31.9 Å². The van der Waals surface area contributed by atoms with Crippen LogP contribution in [-0.2, 0) is 16.2 Å². The zero-order valence-corrected chi connectivity index (χ0v) is 18.6. The number of carbonyl (C=O) groups is 2. The number of piperidine rings is 1. The van der Waals surface area contributed by atoms with Crippen molar-refractivity contribution in [3.63, 3.8) is 0 Å². The summed E-state index contributed by atoms with van der Waals surface area (Å²) in [5, 5.41) is 6.04. The summed E-state index contributed by atoms with van der Waals surface area (Å²) in [7, 11) is 0. The summed E-state index contributed by atoms with van der Waals surface area (Å²) >= 11 is 1.60. The van der Waals surface area contributed by atoms with Crippen molar-refractivity contribution in [1.82, 2.24) is 15.2 Å². The summed E-state index contributed by atoms with van der Waals surface area (Å²) in [5.74, 6) is 0.784. The number of rotatable bonds is 7. The molecule has 0 atom stereocenters. The molecule has 30 heavy (non-hydrogen) atoms. The van der Waals surface area contributed by atoms with Crippen LogP contribution in [-0.4, -0.2) is 40.8 Å². The summed E-state index contributed by atoms with van der Waals surface area (Å²) in [5.41, 5.74) is 1.74. The molecule has 0 unspecified atom stereocenters. The number of nitrogens with zero attached hydrogens (tertiary/aromatic N) is 2. The fourth-order valence-corrected chi connectivity index (χ4v) is 4.00. The highest BCUT2D eigenvalue weighted by molar-refractivity contribution is 7.09. The molecule has 0 radical (unpaired) electrons. The minimum absolute atomic E-state index is 0.0147. The Bertz CT molecular complexity index is 899. The minimum Gasteiger partial charge on any atom is -0.487 e. The number of carbonyl (C=O) groups excluding carboxylic acids is 2. The van der Waals surface area contributed by atoms with E-state index in [4.69, 9.17) is 4.74 Å². The SMILES string of the molecule is Cc1nc(COc2ccccc2/C=C/C(=O)NC2CCN(C(=O)C(C)C)CC2)cs1. The maximum absolute atomic E-state index is 12.4. The van der Waals surface area contributed by atoms with E-state index >= 15 is 0 Å². The molecule has 0 saturated carbocycles. The van der Waals surface area contributed by atoms with E-state index in [2.05, 4.69) is 10.3 Å². The average molecular weight is 428 g/mol. The van der Waals surface area contributed by atoms with Crippen molar-refractivity contribution in [3.8, 4) is 5.75 Å². The first-order valence-corrected chi connectivity index (χ1v) is 11.2. The van der Waals surface area contributed by atoms with E-state index in [9.17, 15) is 9.59 Å². The van der Waals surface area contributed by atoms with Gasteiger partial charge in [-0.25, -0.2) is 4.98 Å². The van der Waals surface area contributed by atoms with Crippen LogP contribution in [0.15, 0.2) is 35.7 Å². The molecule has 1 fully saturated rings. The van der Waals surface area contributed by atoms with Gasteiger partial charge in [0.25, 0.3) is 0 Å². The van der Waals surface area contributed by atoms with Gasteiger partial charge in [-0.15, -0.1) is 11.3 Å². The van der Waals surface area contributed by atoms with Gasteiger partial charge in [0, 0.05) is 42.1 Å². The molecule has 1 N–H and O–H groups in total. The highest BCUT2D eigenvalue weighted by Gasteiger charge is 2.24. The second kappa shape index (κ2) is 10.4. The molecule has 0 spiro atoms. The lowest BCUT2D eigenvalue weighted by Gasteiger charge is -2.33. The van der Waals surface area contributed by atoms with E-state index < -0.39 is 0 Å². The van der Waals surface area contributed by atoms with Crippen LogP contribution in [0, 0.1) is 12.8 Å². The summed E-state index contributed by atoms with van der Waals surface area (Å²) in [4.78, 5) is 30.7. The van der Waals surface area contributed by atoms with Crippen LogP contribution in [0.2, 0.25) is 0 Å². The Morgan fingerprint density at radius 2 is 2.03 bits per heavy atom. The highest BCUT2D eigenvalue weighted by Crippen LogP contribution is 2.21. The molecule has 7 heteroatoms. The van der Waals surface area contributed by atoms with Crippen LogP contribution >= 0.6 is 11.3 Å². The smallest absolute Gasteiger partial charge is 0.244 e. The van der Waals surface area contributed by atoms with Crippen molar-refractivity contribution in [2.24, 2.45) is 5.92 Å². The molecule has 2 amide bonds. The van der Waals surface area contributed by atoms with Gasteiger partial charge in [-0.3, -0.25) is 9.59 Å². The van der Waals surface area contributed by atoms with Gasteiger partial charge in [0.2, 0.25) is 11.8 Å². The predicted molar refractivity (Wildman–Crippen MR) is 119 cm³/mol. The number of likely N-dealkylation sites (tertiary alicyclic amines) is 1. The molecule has 1 aromatic carbocycles. The summed E-state index contributed by atoms with van der Waals surface area (Å²) in [6, 6.07) is 7.72. The predicted octanol–water partition coefficient (Wildman–Crippen LogP) is 3.81. The average Bonchev–Trinajstić information content (AvgIpc) is 3.16. The number of benzene rings is 1. The molecule has 0 aliphatic carbocycles. The third-order valence-electron chi connectivity index (χ3n) is 5.02. The van der Waals surface area contributed by atoms with Crippen LogP contribution in [0.4, 0.5) is 0 Å². The van der Waals surface area contributed by atoms with Crippen molar-refractivity contribution in [3.05, 3.63) is 52.0 Å². The molecule has 6 nitrogen and oxygen atoms in total. The van der Waals surface area contributed by atoms with Gasteiger partial charge in [0.1, 0.15) is 12.4 Å². The molecule has 3 rings (SSSR count). The van der Waals surface area contributed by atoms with E-state index in [1.807, 2.05) is 55.3 Å². The van der Waals surface area contributed by atoms with Gasteiger partial charge in [0.05, 0.1) is 10.7 Å². The Kier molecular flexibility index (Phi) is 7.63. The third-order valence-corrected chi connectivity index (χ3v) is 5.84. The molecular formula is C23H29N3O3S. The second-order valence-electron chi connectivity index (χ2n) is 7.78. The lowest BCUT2D eigenvalue weighted by Crippen LogP contribution is -2.47. The quantitative estimate of drug-likeness (QED) is 0.682. The Balaban J connectivity index is 1.51. The number of nitrogens with one attached hydrogen (secondary N) is 1. The number of thiazole rings is 1. The van der Waals surface area contributed by atoms with E-state index in [-0.39, 0.29) is 23.8 Å². The fourth-order valence-electron chi connectivity index (χ4n) is 3.40. The van der Waals surface area contributed by atoms with Crippen molar-refractivity contribution >= 4 is 29.2 Å². The van der Waals surface area contributed by atoms with Crippen molar-refractivity contribution in [1.29, 1.82) is 0 Å². The largest absolute Gasteiger partial charge is 0.487 e.